The summed E-state index contributed by atoms with van der Waals surface area (Å²) >= 11 is 0. The first-order valence-corrected chi connectivity index (χ1v) is 10.7. The molecule has 1 atom stereocenters. The van der Waals surface area contributed by atoms with Gasteiger partial charge in [-0.2, -0.15) is 5.10 Å². The second-order valence-electron chi connectivity index (χ2n) is 8.14. The number of fused-ring (bicyclic) bond motifs is 1. The van der Waals surface area contributed by atoms with Crippen LogP contribution >= 0.6 is 0 Å². The number of aryl methyl sites for hydroxylation is 1. The van der Waals surface area contributed by atoms with E-state index < -0.39 is 0 Å². The average Bonchev–Trinajstić information content (AvgIpc) is 3.27. The predicted octanol–water partition coefficient (Wildman–Crippen LogP) is 3.74. The molecule has 1 unspecified atom stereocenters. The zero-order chi connectivity index (χ0) is 22.8. The topological polar surface area (TPSA) is 84.3 Å². The Hall–Kier alpha value is -3.74. The van der Waals surface area contributed by atoms with Crippen molar-refractivity contribution >= 4 is 17.7 Å². The number of hydrogen-bond donors (Lipinski definition) is 1. The highest BCUT2D eigenvalue weighted by molar-refractivity contribution is 6.21. The first-order chi connectivity index (χ1) is 15.4. The Morgan fingerprint density at radius 1 is 1.03 bits per heavy atom. The number of hydrogen-bond acceptors (Lipinski definition) is 4. The van der Waals surface area contributed by atoms with E-state index in [-0.39, 0.29) is 36.7 Å². The molecule has 2 heterocycles. The van der Waals surface area contributed by atoms with Crippen molar-refractivity contribution in [3.63, 3.8) is 0 Å². The number of amides is 3. The van der Waals surface area contributed by atoms with Crippen LogP contribution in [0.25, 0.3) is 5.69 Å². The van der Waals surface area contributed by atoms with E-state index in [2.05, 4.69) is 10.4 Å². The number of nitrogens with one attached hydrogen (secondary N) is 1. The van der Waals surface area contributed by atoms with Crippen molar-refractivity contribution in [2.45, 2.75) is 39.7 Å². The number of carbonyl (C=O) groups excluding carboxylic acids is 3. The van der Waals surface area contributed by atoms with Crippen LogP contribution in [0.4, 0.5) is 0 Å². The van der Waals surface area contributed by atoms with Crippen molar-refractivity contribution in [1.29, 1.82) is 0 Å². The molecule has 0 radical (unpaired) electrons. The Labute approximate surface area is 187 Å². The van der Waals surface area contributed by atoms with Gasteiger partial charge in [0.05, 0.1) is 29.1 Å². The van der Waals surface area contributed by atoms with Gasteiger partial charge in [-0.25, -0.2) is 4.68 Å². The quantitative estimate of drug-likeness (QED) is 0.579. The van der Waals surface area contributed by atoms with Gasteiger partial charge in [-0.1, -0.05) is 29.8 Å². The molecule has 0 fully saturated rings. The lowest BCUT2D eigenvalue weighted by atomic mass is 10.1. The summed E-state index contributed by atoms with van der Waals surface area (Å²) in [6, 6.07) is 14.9. The molecular formula is C25H26N4O3. The smallest absolute Gasteiger partial charge is 0.261 e. The molecule has 1 aliphatic rings. The lowest BCUT2D eigenvalue weighted by molar-refractivity contribution is -0.121. The second-order valence-corrected chi connectivity index (χ2v) is 8.14. The second kappa shape index (κ2) is 8.78. The predicted molar refractivity (Wildman–Crippen MR) is 121 cm³/mol. The van der Waals surface area contributed by atoms with Gasteiger partial charge in [0.25, 0.3) is 11.8 Å². The van der Waals surface area contributed by atoms with Crippen molar-refractivity contribution in [2.75, 3.05) is 6.54 Å². The van der Waals surface area contributed by atoms with Gasteiger partial charge >= 0.3 is 0 Å². The molecule has 164 valence electrons. The van der Waals surface area contributed by atoms with Crippen molar-refractivity contribution in [3.8, 4) is 5.69 Å². The molecule has 0 saturated carbocycles. The van der Waals surface area contributed by atoms with Crippen LogP contribution in [0.15, 0.2) is 54.7 Å². The van der Waals surface area contributed by atoms with Gasteiger partial charge in [0.15, 0.2) is 0 Å². The highest BCUT2D eigenvalue weighted by atomic mass is 16.2. The Morgan fingerprint density at radius 3 is 2.50 bits per heavy atom. The van der Waals surface area contributed by atoms with E-state index in [1.54, 1.807) is 18.3 Å². The van der Waals surface area contributed by atoms with Gasteiger partial charge in [-0.05, 0) is 51.5 Å². The first kappa shape index (κ1) is 21.5. The van der Waals surface area contributed by atoms with Crippen molar-refractivity contribution in [2.24, 2.45) is 0 Å². The molecule has 2 aromatic carbocycles. The fourth-order valence-electron chi connectivity index (χ4n) is 4.07. The fourth-order valence-corrected chi connectivity index (χ4v) is 4.07. The van der Waals surface area contributed by atoms with Gasteiger partial charge in [0.1, 0.15) is 0 Å². The number of rotatable bonds is 7. The molecule has 0 bridgehead atoms. The zero-order valence-corrected chi connectivity index (χ0v) is 18.5. The van der Waals surface area contributed by atoms with Gasteiger partial charge < -0.3 is 5.32 Å². The van der Waals surface area contributed by atoms with Crippen molar-refractivity contribution in [1.82, 2.24) is 20.0 Å². The largest absolute Gasteiger partial charge is 0.349 e. The molecule has 7 heteroatoms. The van der Waals surface area contributed by atoms with E-state index in [9.17, 15) is 14.4 Å². The van der Waals surface area contributed by atoms with E-state index in [0.717, 1.165) is 22.5 Å². The molecule has 0 saturated heterocycles. The van der Waals surface area contributed by atoms with Gasteiger partial charge in [-0.3, -0.25) is 19.3 Å². The minimum atomic E-state index is -0.289. The van der Waals surface area contributed by atoms with Crippen LogP contribution in [-0.4, -0.2) is 38.9 Å². The minimum Gasteiger partial charge on any atom is -0.349 e. The summed E-state index contributed by atoms with van der Waals surface area (Å²) in [5.74, 6) is -0.703. The molecule has 3 aromatic rings. The van der Waals surface area contributed by atoms with Crippen LogP contribution < -0.4 is 5.32 Å². The molecule has 0 spiro atoms. The molecule has 1 aromatic heterocycles. The highest BCUT2D eigenvalue weighted by Crippen LogP contribution is 2.24. The van der Waals surface area contributed by atoms with Gasteiger partial charge in [0, 0.05) is 24.2 Å². The van der Waals surface area contributed by atoms with Crippen LogP contribution in [0.2, 0.25) is 0 Å². The molecule has 1 aliphatic heterocycles. The minimum absolute atomic E-state index is 0.128. The molecule has 1 N–H and O–H groups in total. The fraction of sp³-hybridized carbons (Fsp3) is 0.280. The molecule has 0 aliphatic carbocycles. The number of benzene rings is 2. The molecule has 3 amide bonds. The molecular weight excluding hydrogens is 404 g/mol. The highest BCUT2D eigenvalue weighted by Gasteiger charge is 2.35. The third kappa shape index (κ3) is 4.06. The molecule has 4 rings (SSSR count). The summed E-state index contributed by atoms with van der Waals surface area (Å²) in [4.78, 5) is 38.8. The Balaban J connectivity index is 1.32. The number of carbonyl (C=O) groups is 3. The van der Waals surface area contributed by atoms with Crippen molar-refractivity contribution < 1.29 is 14.4 Å². The summed E-state index contributed by atoms with van der Waals surface area (Å²) in [5.41, 5.74) is 4.68. The van der Waals surface area contributed by atoms with Crippen LogP contribution in [0.3, 0.4) is 0 Å². The van der Waals surface area contributed by atoms with E-state index in [0.29, 0.717) is 17.5 Å². The number of para-hydroxylation sites is 1. The zero-order valence-electron chi connectivity index (χ0n) is 18.5. The van der Waals surface area contributed by atoms with Gasteiger partial charge in [-0.15, -0.1) is 0 Å². The summed E-state index contributed by atoms with van der Waals surface area (Å²) < 4.78 is 1.85. The normalized spacial score (nSPS) is 13.9. The third-order valence-electron chi connectivity index (χ3n) is 5.80. The molecule has 32 heavy (non-hydrogen) atoms. The SMILES string of the molecule is Cc1ccc2c(c1)C(=O)N(CCCC(=O)NC(C)c1cnn(-c3ccccc3)c1C)C2=O. The van der Waals surface area contributed by atoms with E-state index >= 15 is 0 Å². The third-order valence-corrected chi connectivity index (χ3v) is 5.80. The maximum atomic E-state index is 12.5. The monoisotopic (exact) mass is 430 g/mol. The van der Waals surface area contributed by atoms with Crippen LogP contribution in [0.5, 0.6) is 0 Å². The van der Waals surface area contributed by atoms with Gasteiger partial charge in [0.2, 0.25) is 5.91 Å². The maximum Gasteiger partial charge on any atom is 0.261 e. The molecule has 7 nitrogen and oxygen atoms in total. The average molecular weight is 431 g/mol. The first-order valence-electron chi connectivity index (χ1n) is 10.7. The summed E-state index contributed by atoms with van der Waals surface area (Å²) in [5, 5.41) is 7.45. The number of aromatic nitrogens is 2. The summed E-state index contributed by atoms with van der Waals surface area (Å²) in [6.45, 7) is 6.00. The maximum absolute atomic E-state index is 12.5. The Bertz CT molecular complexity index is 1180. The van der Waals surface area contributed by atoms with Crippen LogP contribution in [0.1, 0.15) is 63.3 Å². The van der Waals surface area contributed by atoms with E-state index in [4.69, 9.17) is 0 Å². The Kier molecular flexibility index (Phi) is 5.90. The van der Waals surface area contributed by atoms with Crippen molar-refractivity contribution in [3.05, 3.63) is 82.7 Å². The lowest BCUT2D eigenvalue weighted by Gasteiger charge is -2.16. The van der Waals surface area contributed by atoms with E-state index in [1.165, 1.54) is 4.90 Å². The van der Waals surface area contributed by atoms with E-state index in [1.807, 2.05) is 61.9 Å². The summed E-state index contributed by atoms with van der Waals surface area (Å²) in [7, 11) is 0. The number of imide groups is 1. The van der Waals surface area contributed by atoms with Crippen LogP contribution in [0, 0.1) is 13.8 Å². The van der Waals surface area contributed by atoms with Crippen LogP contribution in [-0.2, 0) is 4.79 Å². The Morgan fingerprint density at radius 2 is 1.75 bits per heavy atom. The summed E-state index contributed by atoms with van der Waals surface area (Å²) in [6.07, 6.45) is 2.40. The standard InChI is InChI=1S/C25H26N4O3/c1-16-11-12-20-21(14-16)25(32)28(24(20)31)13-7-10-23(30)27-17(2)22-15-26-29(18(22)3)19-8-5-4-6-9-19/h4-6,8-9,11-12,14-15,17H,7,10,13H2,1-3H3,(H,27,30). The number of nitrogens with zero attached hydrogens (tertiary/aromatic N) is 3. The lowest BCUT2D eigenvalue weighted by Crippen LogP contribution is -2.32.